The average Bonchev–Trinajstić information content (AvgIpc) is 3.32. The highest BCUT2D eigenvalue weighted by Crippen LogP contribution is 2.34. The van der Waals surface area contributed by atoms with E-state index in [0.29, 0.717) is 25.3 Å². The lowest BCUT2D eigenvalue weighted by Gasteiger charge is -2.37. The fourth-order valence-corrected chi connectivity index (χ4v) is 5.00. The van der Waals surface area contributed by atoms with Crippen molar-refractivity contribution in [2.24, 2.45) is 0 Å². The van der Waals surface area contributed by atoms with Crippen molar-refractivity contribution in [1.82, 2.24) is 9.80 Å². The van der Waals surface area contributed by atoms with Crippen LogP contribution in [0.1, 0.15) is 32.4 Å². The fraction of sp³-hybridized carbons (Fsp3) is 0.259. The summed E-state index contributed by atoms with van der Waals surface area (Å²) in [5.41, 5.74) is 2.86. The van der Waals surface area contributed by atoms with E-state index in [9.17, 15) is 9.59 Å². The molecule has 0 aliphatic carbocycles. The lowest BCUT2D eigenvalue weighted by molar-refractivity contribution is -0.135. The second kappa shape index (κ2) is 10.5. The normalized spacial score (nSPS) is 14.9. The fourth-order valence-electron chi connectivity index (χ4n) is 4.08. The predicted molar refractivity (Wildman–Crippen MR) is 132 cm³/mol. The lowest BCUT2D eigenvalue weighted by Crippen LogP contribution is -2.47. The zero-order chi connectivity index (χ0) is 23.2. The number of nitrogens with zero attached hydrogens (tertiary/aromatic N) is 2. The van der Waals surface area contributed by atoms with E-state index < -0.39 is 0 Å². The van der Waals surface area contributed by atoms with E-state index in [-0.39, 0.29) is 24.4 Å². The number of benzene rings is 2. The Kier molecular flexibility index (Phi) is 7.25. The number of rotatable bonds is 8. The van der Waals surface area contributed by atoms with E-state index in [0.717, 1.165) is 17.7 Å². The number of hydrogen-bond donors (Lipinski definition) is 0. The van der Waals surface area contributed by atoms with Crippen LogP contribution in [0.2, 0.25) is 0 Å². The molecule has 1 aromatic heterocycles. The molecule has 0 fully saturated rings. The summed E-state index contributed by atoms with van der Waals surface area (Å²) in [5, 5.41) is 2.07. The summed E-state index contributed by atoms with van der Waals surface area (Å²) < 4.78 is 6.09. The zero-order valence-electron chi connectivity index (χ0n) is 18.8. The molecule has 2 aromatic carbocycles. The first kappa shape index (κ1) is 22.8. The number of thiophene rings is 1. The average molecular weight is 461 g/mol. The van der Waals surface area contributed by atoms with Crippen molar-refractivity contribution in [1.29, 1.82) is 0 Å². The number of ether oxygens (including phenoxy) is 1. The zero-order valence-corrected chi connectivity index (χ0v) is 19.6. The van der Waals surface area contributed by atoms with Crippen molar-refractivity contribution in [3.8, 4) is 5.75 Å². The number of fused-ring (bicyclic) bond motifs is 1. The Labute approximate surface area is 198 Å². The van der Waals surface area contributed by atoms with Gasteiger partial charge in [-0.25, -0.2) is 0 Å². The number of carbonyl (C=O) groups is 2. The summed E-state index contributed by atoms with van der Waals surface area (Å²) in [6.45, 7) is 7.08. The minimum atomic E-state index is -0.189. The van der Waals surface area contributed by atoms with Crippen LogP contribution in [0.25, 0.3) is 0 Å². The first-order valence-electron chi connectivity index (χ1n) is 11.1. The third-order valence-electron chi connectivity index (χ3n) is 5.83. The Bertz CT molecular complexity index is 1110. The molecular weight excluding hydrogens is 432 g/mol. The molecule has 5 nitrogen and oxygen atoms in total. The first-order chi connectivity index (χ1) is 16.1. The van der Waals surface area contributed by atoms with Crippen molar-refractivity contribution in [3.63, 3.8) is 0 Å². The molecule has 170 valence electrons. The Morgan fingerprint density at radius 1 is 1.15 bits per heavy atom. The highest BCUT2D eigenvalue weighted by Gasteiger charge is 2.33. The van der Waals surface area contributed by atoms with E-state index >= 15 is 0 Å². The second-order valence-corrected chi connectivity index (χ2v) is 9.12. The Balaban J connectivity index is 1.51. The van der Waals surface area contributed by atoms with Crippen molar-refractivity contribution >= 4 is 23.2 Å². The molecule has 1 aliphatic rings. The SMILES string of the molecule is C=CCN(CC(=O)N1CCc2sccc2[C@H]1COc1ccc(C)cc1)C(=O)c1ccccc1. The molecule has 0 bridgehead atoms. The number of aryl methyl sites for hydroxylation is 1. The summed E-state index contributed by atoms with van der Waals surface area (Å²) in [6.07, 6.45) is 2.47. The van der Waals surface area contributed by atoms with E-state index in [1.165, 1.54) is 10.4 Å². The number of carbonyl (C=O) groups excluding carboxylic acids is 2. The van der Waals surface area contributed by atoms with Gasteiger partial charge in [0.15, 0.2) is 0 Å². The minimum Gasteiger partial charge on any atom is -0.491 e. The molecule has 2 amide bonds. The van der Waals surface area contributed by atoms with Gasteiger partial charge in [0.2, 0.25) is 5.91 Å². The van der Waals surface area contributed by atoms with Gasteiger partial charge in [-0.1, -0.05) is 42.0 Å². The van der Waals surface area contributed by atoms with E-state index in [1.54, 1.807) is 34.4 Å². The maximum absolute atomic E-state index is 13.5. The second-order valence-electron chi connectivity index (χ2n) is 8.12. The van der Waals surface area contributed by atoms with Crippen LogP contribution in [0.15, 0.2) is 78.7 Å². The first-order valence-corrected chi connectivity index (χ1v) is 11.9. The summed E-state index contributed by atoms with van der Waals surface area (Å²) in [7, 11) is 0. The Hall–Kier alpha value is -3.38. The van der Waals surface area contributed by atoms with E-state index in [1.807, 2.05) is 54.3 Å². The predicted octanol–water partition coefficient (Wildman–Crippen LogP) is 4.89. The molecule has 0 N–H and O–H groups in total. The van der Waals surface area contributed by atoms with Gasteiger partial charge >= 0.3 is 0 Å². The van der Waals surface area contributed by atoms with Crippen LogP contribution >= 0.6 is 11.3 Å². The molecule has 0 saturated carbocycles. The number of hydrogen-bond acceptors (Lipinski definition) is 4. The largest absolute Gasteiger partial charge is 0.491 e. The maximum Gasteiger partial charge on any atom is 0.254 e. The third-order valence-corrected chi connectivity index (χ3v) is 6.82. The third kappa shape index (κ3) is 5.34. The molecule has 0 saturated heterocycles. The monoisotopic (exact) mass is 460 g/mol. The molecule has 0 spiro atoms. The molecule has 0 unspecified atom stereocenters. The molecule has 2 heterocycles. The van der Waals surface area contributed by atoms with Crippen molar-refractivity contribution < 1.29 is 14.3 Å². The maximum atomic E-state index is 13.5. The summed E-state index contributed by atoms with van der Waals surface area (Å²) >= 11 is 1.72. The van der Waals surface area contributed by atoms with Gasteiger partial charge in [0.25, 0.3) is 5.91 Å². The van der Waals surface area contributed by atoms with Crippen LogP contribution in [0.4, 0.5) is 0 Å². The van der Waals surface area contributed by atoms with Crippen LogP contribution < -0.4 is 4.74 Å². The molecule has 1 atom stereocenters. The summed E-state index contributed by atoms with van der Waals surface area (Å²) in [5.74, 6) is 0.517. The van der Waals surface area contributed by atoms with Gasteiger partial charge < -0.3 is 14.5 Å². The van der Waals surface area contributed by atoms with Gasteiger partial charge in [-0.05, 0) is 54.6 Å². The van der Waals surface area contributed by atoms with Crippen LogP contribution in [-0.4, -0.2) is 47.9 Å². The molecule has 1 aliphatic heterocycles. The van der Waals surface area contributed by atoms with E-state index in [2.05, 4.69) is 18.0 Å². The molecule has 33 heavy (non-hydrogen) atoms. The molecule has 4 rings (SSSR count). The van der Waals surface area contributed by atoms with Crippen LogP contribution in [-0.2, 0) is 11.2 Å². The molecule has 3 aromatic rings. The van der Waals surface area contributed by atoms with Gasteiger partial charge in [-0.15, -0.1) is 17.9 Å². The molecule has 0 radical (unpaired) electrons. The standard InChI is InChI=1S/C27H28N2O3S/c1-3-15-28(27(31)21-7-5-4-6-8-21)18-26(30)29-16-13-25-23(14-17-33-25)24(29)19-32-22-11-9-20(2)10-12-22/h3-12,14,17,24H,1,13,15-16,18-19H2,2H3/t24-/m1/s1. The van der Waals surface area contributed by atoms with Gasteiger partial charge in [0.1, 0.15) is 18.9 Å². The van der Waals surface area contributed by atoms with Gasteiger partial charge in [-0.2, -0.15) is 0 Å². The Morgan fingerprint density at radius 3 is 2.64 bits per heavy atom. The van der Waals surface area contributed by atoms with Crippen molar-refractivity contribution in [2.45, 2.75) is 19.4 Å². The van der Waals surface area contributed by atoms with Gasteiger partial charge in [0.05, 0.1) is 6.04 Å². The van der Waals surface area contributed by atoms with Gasteiger partial charge in [-0.3, -0.25) is 9.59 Å². The van der Waals surface area contributed by atoms with Crippen molar-refractivity contribution in [2.75, 3.05) is 26.2 Å². The highest BCUT2D eigenvalue weighted by molar-refractivity contribution is 7.10. The van der Waals surface area contributed by atoms with Crippen molar-refractivity contribution in [3.05, 3.63) is 100 Å². The van der Waals surface area contributed by atoms with Crippen LogP contribution in [0, 0.1) is 6.92 Å². The van der Waals surface area contributed by atoms with Gasteiger partial charge in [0, 0.05) is 23.5 Å². The Morgan fingerprint density at radius 2 is 1.91 bits per heavy atom. The molecular formula is C27H28N2O3S. The van der Waals surface area contributed by atoms with Crippen LogP contribution in [0.5, 0.6) is 5.75 Å². The summed E-state index contributed by atoms with van der Waals surface area (Å²) in [4.78, 5) is 31.2. The summed E-state index contributed by atoms with van der Waals surface area (Å²) in [6, 6.07) is 18.8. The van der Waals surface area contributed by atoms with Crippen LogP contribution in [0.3, 0.4) is 0 Å². The van der Waals surface area contributed by atoms with E-state index in [4.69, 9.17) is 4.74 Å². The highest BCUT2D eigenvalue weighted by atomic mass is 32.1. The smallest absolute Gasteiger partial charge is 0.254 e. The molecule has 6 heteroatoms. The minimum absolute atomic E-state index is 0.000248. The number of amides is 2. The quantitative estimate of drug-likeness (QED) is 0.450. The lowest BCUT2D eigenvalue weighted by atomic mass is 10.0. The topological polar surface area (TPSA) is 49.9 Å².